The van der Waals surface area contributed by atoms with Crippen LogP contribution in [0.3, 0.4) is 0 Å². The van der Waals surface area contributed by atoms with Crippen molar-refractivity contribution >= 4 is 17.5 Å². The summed E-state index contributed by atoms with van der Waals surface area (Å²) in [4.78, 5) is 14.1. The summed E-state index contributed by atoms with van der Waals surface area (Å²) < 4.78 is 5.86. The third-order valence-electron chi connectivity index (χ3n) is 4.10. The second-order valence-electron chi connectivity index (χ2n) is 5.59. The van der Waals surface area contributed by atoms with Crippen molar-refractivity contribution in [3.63, 3.8) is 0 Å². The molecule has 1 saturated heterocycles. The van der Waals surface area contributed by atoms with Gasteiger partial charge in [-0.05, 0) is 11.6 Å². The summed E-state index contributed by atoms with van der Waals surface area (Å²) in [5, 5.41) is 0.676. The first-order chi connectivity index (χ1) is 11.2. The maximum atomic E-state index is 12.0. The SMILES string of the molecule is NC(=O)[C@@H](c1ccccc1)N1CCO[C@@H](c2ccccc2Cl)C1. The van der Waals surface area contributed by atoms with Crippen LogP contribution in [0, 0.1) is 0 Å². The van der Waals surface area contributed by atoms with E-state index in [-0.39, 0.29) is 12.0 Å². The van der Waals surface area contributed by atoms with Crippen LogP contribution in [0.15, 0.2) is 54.6 Å². The average molecular weight is 331 g/mol. The van der Waals surface area contributed by atoms with Crippen LogP contribution in [-0.2, 0) is 9.53 Å². The third kappa shape index (κ3) is 3.55. The van der Waals surface area contributed by atoms with Gasteiger partial charge in [-0.25, -0.2) is 0 Å². The minimum atomic E-state index is -0.454. The fraction of sp³-hybridized carbons (Fsp3) is 0.278. The Morgan fingerprint density at radius 1 is 1.17 bits per heavy atom. The Hall–Kier alpha value is -1.88. The Bertz CT molecular complexity index is 678. The fourth-order valence-electron chi connectivity index (χ4n) is 3.02. The molecule has 0 aliphatic carbocycles. The van der Waals surface area contributed by atoms with Gasteiger partial charge in [-0.2, -0.15) is 0 Å². The van der Waals surface area contributed by atoms with Crippen molar-refractivity contribution < 1.29 is 9.53 Å². The summed E-state index contributed by atoms with van der Waals surface area (Å²) >= 11 is 6.27. The van der Waals surface area contributed by atoms with Crippen LogP contribution in [0.2, 0.25) is 5.02 Å². The maximum absolute atomic E-state index is 12.0. The van der Waals surface area contributed by atoms with E-state index in [0.29, 0.717) is 24.7 Å². The molecule has 1 aliphatic rings. The molecule has 0 aromatic heterocycles. The van der Waals surface area contributed by atoms with Gasteiger partial charge >= 0.3 is 0 Å². The molecule has 0 spiro atoms. The highest BCUT2D eigenvalue weighted by molar-refractivity contribution is 6.31. The van der Waals surface area contributed by atoms with E-state index in [2.05, 4.69) is 4.90 Å². The van der Waals surface area contributed by atoms with Crippen molar-refractivity contribution in [3.8, 4) is 0 Å². The van der Waals surface area contributed by atoms with Gasteiger partial charge in [-0.15, -0.1) is 0 Å². The molecule has 23 heavy (non-hydrogen) atoms. The summed E-state index contributed by atoms with van der Waals surface area (Å²) in [6.07, 6.45) is -0.164. The third-order valence-corrected chi connectivity index (χ3v) is 4.44. The van der Waals surface area contributed by atoms with E-state index >= 15 is 0 Å². The van der Waals surface area contributed by atoms with Crippen LogP contribution in [0.4, 0.5) is 0 Å². The number of ether oxygens (including phenoxy) is 1. The number of carbonyl (C=O) groups excluding carboxylic acids is 1. The van der Waals surface area contributed by atoms with Gasteiger partial charge in [-0.3, -0.25) is 9.69 Å². The van der Waals surface area contributed by atoms with Crippen LogP contribution < -0.4 is 5.73 Å². The van der Waals surface area contributed by atoms with Gasteiger partial charge in [0.25, 0.3) is 0 Å². The summed E-state index contributed by atoms with van der Waals surface area (Å²) in [7, 11) is 0. The lowest BCUT2D eigenvalue weighted by Gasteiger charge is -2.37. The number of nitrogens with two attached hydrogens (primary N) is 1. The molecule has 2 atom stereocenters. The number of rotatable bonds is 4. The first kappa shape index (κ1) is 16.0. The van der Waals surface area contributed by atoms with Crippen LogP contribution in [0.5, 0.6) is 0 Å². The smallest absolute Gasteiger partial charge is 0.239 e. The Morgan fingerprint density at radius 3 is 2.57 bits per heavy atom. The molecule has 3 rings (SSSR count). The molecule has 1 amide bonds. The second kappa shape index (κ2) is 7.13. The van der Waals surface area contributed by atoms with Gasteiger partial charge in [0, 0.05) is 23.7 Å². The molecular formula is C18H19ClN2O2. The molecule has 4 nitrogen and oxygen atoms in total. The van der Waals surface area contributed by atoms with Crippen molar-refractivity contribution in [2.75, 3.05) is 19.7 Å². The summed E-state index contributed by atoms with van der Waals surface area (Å²) in [6, 6.07) is 16.8. The Labute approximate surface area is 140 Å². The predicted octanol–water partition coefficient (Wildman–Crippen LogP) is 2.94. The minimum absolute atomic E-state index is 0.164. The highest BCUT2D eigenvalue weighted by Gasteiger charge is 2.32. The molecule has 0 unspecified atom stereocenters. The van der Waals surface area contributed by atoms with E-state index in [1.54, 1.807) is 0 Å². The normalized spacial score (nSPS) is 20.1. The highest BCUT2D eigenvalue weighted by atomic mass is 35.5. The number of carbonyl (C=O) groups is 1. The largest absolute Gasteiger partial charge is 0.371 e. The first-order valence-corrected chi connectivity index (χ1v) is 7.99. The molecule has 2 aromatic rings. The number of nitrogens with zero attached hydrogens (tertiary/aromatic N) is 1. The van der Waals surface area contributed by atoms with Crippen molar-refractivity contribution in [3.05, 3.63) is 70.7 Å². The van der Waals surface area contributed by atoms with Crippen molar-refractivity contribution in [2.24, 2.45) is 5.73 Å². The Kier molecular flexibility index (Phi) is 4.96. The zero-order valence-corrected chi connectivity index (χ0v) is 13.4. The second-order valence-corrected chi connectivity index (χ2v) is 6.00. The quantitative estimate of drug-likeness (QED) is 0.937. The van der Waals surface area contributed by atoms with Gasteiger partial charge in [-0.1, -0.05) is 60.1 Å². The van der Waals surface area contributed by atoms with Gasteiger partial charge in [0.2, 0.25) is 5.91 Å². The molecule has 120 valence electrons. The van der Waals surface area contributed by atoms with Crippen molar-refractivity contribution in [2.45, 2.75) is 12.1 Å². The maximum Gasteiger partial charge on any atom is 0.239 e. The van der Waals surface area contributed by atoms with E-state index in [0.717, 1.165) is 11.1 Å². The van der Waals surface area contributed by atoms with Crippen LogP contribution >= 0.6 is 11.6 Å². The zero-order valence-electron chi connectivity index (χ0n) is 12.7. The van der Waals surface area contributed by atoms with E-state index in [1.807, 2.05) is 54.6 Å². The molecule has 2 N–H and O–H groups in total. The summed E-state index contributed by atoms with van der Waals surface area (Å²) in [5.41, 5.74) is 7.51. The molecule has 0 saturated carbocycles. The molecule has 0 radical (unpaired) electrons. The summed E-state index contributed by atoms with van der Waals surface area (Å²) in [5.74, 6) is -0.351. The van der Waals surface area contributed by atoms with Gasteiger partial charge in [0.15, 0.2) is 0 Å². The predicted molar refractivity (Wildman–Crippen MR) is 90.1 cm³/mol. The Balaban J connectivity index is 1.84. The number of morpholine rings is 1. The van der Waals surface area contributed by atoms with Crippen molar-refractivity contribution in [1.82, 2.24) is 4.90 Å². The van der Waals surface area contributed by atoms with Gasteiger partial charge < -0.3 is 10.5 Å². The molecule has 0 bridgehead atoms. The van der Waals surface area contributed by atoms with Crippen LogP contribution in [0.25, 0.3) is 0 Å². The molecule has 1 heterocycles. The highest BCUT2D eigenvalue weighted by Crippen LogP contribution is 2.31. The molecule has 1 aliphatic heterocycles. The number of benzene rings is 2. The van der Waals surface area contributed by atoms with Crippen molar-refractivity contribution in [1.29, 1.82) is 0 Å². The molecule has 2 aromatic carbocycles. The van der Waals surface area contributed by atoms with E-state index in [1.165, 1.54) is 0 Å². The number of amides is 1. The lowest BCUT2D eigenvalue weighted by Crippen LogP contribution is -2.45. The monoisotopic (exact) mass is 330 g/mol. The number of halogens is 1. The standard InChI is InChI=1S/C18H19ClN2O2/c19-15-9-5-4-8-14(15)16-12-21(10-11-23-16)17(18(20)22)13-6-2-1-3-7-13/h1-9,16-17H,10-12H2,(H2,20,22)/t16-,17-/m1/s1. The van der Waals surface area contributed by atoms with Gasteiger partial charge in [0.1, 0.15) is 6.04 Å². The van der Waals surface area contributed by atoms with Gasteiger partial charge in [0.05, 0.1) is 12.7 Å². The molecular weight excluding hydrogens is 312 g/mol. The number of primary amides is 1. The average Bonchev–Trinajstić information content (AvgIpc) is 2.56. The zero-order chi connectivity index (χ0) is 16.2. The van der Waals surface area contributed by atoms with E-state index in [4.69, 9.17) is 22.1 Å². The fourth-order valence-corrected chi connectivity index (χ4v) is 3.28. The lowest BCUT2D eigenvalue weighted by molar-refractivity contribution is -0.127. The topological polar surface area (TPSA) is 55.6 Å². The van der Waals surface area contributed by atoms with Crippen LogP contribution in [-0.4, -0.2) is 30.5 Å². The number of hydrogen-bond acceptors (Lipinski definition) is 3. The van der Waals surface area contributed by atoms with E-state index in [9.17, 15) is 4.79 Å². The van der Waals surface area contributed by atoms with E-state index < -0.39 is 6.04 Å². The lowest BCUT2D eigenvalue weighted by atomic mass is 10.0. The Morgan fingerprint density at radius 2 is 1.87 bits per heavy atom. The number of hydrogen-bond donors (Lipinski definition) is 1. The minimum Gasteiger partial charge on any atom is -0.371 e. The molecule has 1 fully saturated rings. The summed E-state index contributed by atoms with van der Waals surface area (Å²) in [6.45, 7) is 1.77. The first-order valence-electron chi connectivity index (χ1n) is 7.61. The molecule has 5 heteroatoms. The van der Waals surface area contributed by atoms with Crippen LogP contribution in [0.1, 0.15) is 23.3 Å².